The SMILES string of the molecule is CC1CCCN(c2ccc(NC(=O)Cc3ccccc3F)nc2)C1. The van der Waals surface area contributed by atoms with Crippen LogP contribution in [-0.2, 0) is 11.2 Å². The number of aromatic nitrogens is 1. The van der Waals surface area contributed by atoms with E-state index in [1.165, 1.54) is 18.9 Å². The molecule has 24 heavy (non-hydrogen) atoms. The number of piperidine rings is 1. The Labute approximate surface area is 141 Å². The second-order valence-electron chi connectivity index (χ2n) is 6.41. The van der Waals surface area contributed by atoms with Gasteiger partial charge in [-0.25, -0.2) is 9.37 Å². The summed E-state index contributed by atoms with van der Waals surface area (Å²) in [6.45, 7) is 4.35. The number of rotatable bonds is 4. The number of hydrogen-bond acceptors (Lipinski definition) is 3. The number of carbonyl (C=O) groups excluding carboxylic acids is 1. The van der Waals surface area contributed by atoms with Gasteiger partial charge >= 0.3 is 0 Å². The van der Waals surface area contributed by atoms with Crippen molar-refractivity contribution >= 4 is 17.4 Å². The van der Waals surface area contributed by atoms with Crippen molar-refractivity contribution in [2.24, 2.45) is 5.92 Å². The first-order chi connectivity index (χ1) is 11.6. The standard InChI is InChI=1S/C19H22FN3O/c1-14-5-4-10-23(13-14)16-8-9-18(21-12-16)22-19(24)11-15-6-2-3-7-17(15)20/h2-3,6-9,12,14H,4-5,10-11,13H2,1H3,(H,21,22,24). The third-order valence-electron chi connectivity index (χ3n) is 4.35. The lowest BCUT2D eigenvalue weighted by Gasteiger charge is -2.32. The first-order valence-corrected chi connectivity index (χ1v) is 8.36. The summed E-state index contributed by atoms with van der Waals surface area (Å²) < 4.78 is 13.6. The molecule has 1 aliphatic heterocycles. The second-order valence-corrected chi connectivity index (χ2v) is 6.41. The Kier molecular flexibility index (Phi) is 5.08. The van der Waals surface area contributed by atoms with Gasteiger partial charge in [-0.3, -0.25) is 4.79 Å². The fraction of sp³-hybridized carbons (Fsp3) is 0.368. The van der Waals surface area contributed by atoms with Crippen molar-refractivity contribution in [1.82, 2.24) is 4.98 Å². The van der Waals surface area contributed by atoms with Gasteiger partial charge in [-0.1, -0.05) is 25.1 Å². The maximum absolute atomic E-state index is 13.6. The monoisotopic (exact) mass is 327 g/mol. The minimum Gasteiger partial charge on any atom is -0.370 e. The van der Waals surface area contributed by atoms with Crippen LogP contribution in [-0.4, -0.2) is 24.0 Å². The van der Waals surface area contributed by atoms with Gasteiger partial charge in [-0.2, -0.15) is 0 Å². The first-order valence-electron chi connectivity index (χ1n) is 8.36. The third kappa shape index (κ3) is 4.10. The highest BCUT2D eigenvalue weighted by Gasteiger charge is 2.17. The molecule has 1 fully saturated rings. The lowest BCUT2D eigenvalue weighted by Crippen LogP contribution is -2.34. The zero-order valence-electron chi connectivity index (χ0n) is 13.8. The van der Waals surface area contributed by atoms with Crippen molar-refractivity contribution in [3.63, 3.8) is 0 Å². The topological polar surface area (TPSA) is 45.2 Å². The molecule has 2 aromatic rings. The molecule has 1 N–H and O–H groups in total. The molecule has 1 aromatic carbocycles. The summed E-state index contributed by atoms with van der Waals surface area (Å²) >= 11 is 0. The quantitative estimate of drug-likeness (QED) is 0.932. The van der Waals surface area contributed by atoms with E-state index in [0.29, 0.717) is 17.3 Å². The Morgan fingerprint density at radius 1 is 1.33 bits per heavy atom. The summed E-state index contributed by atoms with van der Waals surface area (Å²) in [5.41, 5.74) is 1.46. The van der Waals surface area contributed by atoms with E-state index in [9.17, 15) is 9.18 Å². The predicted molar refractivity (Wildman–Crippen MR) is 93.6 cm³/mol. The highest BCUT2D eigenvalue weighted by Crippen LogP contribution is 2.23. The van der Waals surface area contributed by atoms with Gasteiger partial charge in [-0.15, -0.1) is 0 Å². The van der Waals surface area contributed by atoms with E-state index in [-0.39, 0.29) is 18.1 Å². The largest absolute Gasteiger partial charge is 0.370 e. The zero-order chi connectivity index (χ0) is 16.9. The number of hydrogen-bond donors (Lipinski definition) is 1. The molecule has 0 saturated carbocycles. The van der Waals surface area contributed by atoms with E-state index in [1.807, 2.05) is 6.07 Å². The molecule has 1 atom stereocenters. The van der Waals surface area contributed by atoms with Crippen molar-refractivity contribution in [1.29, 1.82) is 0 Å². The number of anilines is 2. The number of pyridine rings is 1. The number of benzene rings is 1. The summed E-state index contributed by atoms with van der Waals surface area (Å²) in [5, 5.41) is 2.72. The van der Waals surface area contributed by atoms with E-state index in [1.54, 1.807) is 30.5 Å². The van der Waals surface area contributed by atoms with Gasteiger partial charge in [-0.05, 0) is 42.5 Å². The van der Waals surface area contributed by atoms with Gasteiger partial charge < -0.3 is 10.2 Å². The van der Waals surface area contributed by atoms with Crippen LogP contribution >= 0.6 is 0 Å². The first kappa shape index (κ1) is 16.4. The summed E-state index contributed by atoms with van der Waals surface area (Å²) in [4.78, 5) is 18.7. The maximum Gasteiger partial charge on any atom is 0.230 e. The number of amides is 1. The average molecular weight is 327 g/mol. The number of carbonyl (C=O) groups is 1. The van der Waals surface area contributed by atoms with Crippen molar-refractivity contribution < 1.29 is 9.18 Å². The van der Waals surface area contributed by atoms with Gasteiger partial charge in [0.15, 0.2) is 0 Å². The number of nitrogens with zero attached hydrogens (tertiary/aromatic N) is 2. The van der Waals surface area contributed by atoms with Crippen LogP contribution in [0.4, 0.5) is 15.9 Å². The van der Waals surface area contributed by atoms with Crippen molar-refractivity contribution in [3.05, 3.63) is 54.0 Å². The molecule has 4 nitrogen and oxygen atoms in total. The summed E-state index contributed by atoms with van der Waals surface area (Å²) in [5.74, 6) is 0.547. The molecule has 1 aliphatic rings. The zero-order valence-corrected chi connectivity index (χ0v) is 13.8. The van der Waals surface area contributed by atoms with Crippen LogP contribution in [0.1, 0.15) is 25.3 Å². The lowest BCUT2D eigenvalue weighted by molar-refractivity contribution is -0.115. The molecule has 0 spiro atoms. The van der Waals surface area contributed by atoms with Crippen molar-refractivity contribution in [3.8, 4) is 0 Å². The Hall–Kier alpha value is -2.43. The summed E-state index contributed by atoms with van der Waals surface area (Å²) in [7, 11) is 0. The minimum atomic E-state index is -0.366. The molecule has 5 heteroatoms. The fourth-order valence-corrected chi connectivity index (χ4v) is 3.07. The Balaban J connectivity index is 1.59. The van der Waals surface area contributed by atoms with Crippen LogP contribution in [0.5, 0.6) is 0 Å². The van der Waals surface area contributed by atoms with Gasteiger partial charge in [0.1, 0.15) is 11.6 Å². The molecular formula is C19H22FN3O. The van der Waals surface area contributed by atoms with Crippen LogP contribution in [0.2, 0.25) is 0 Å². The molecule has 0 aliphatic carbocycles. The van der Waals surface area contributed by atoms with E-state index >= 15 is 0 Å². The fourth-order valence-electron chi connectivity index (χ4n) is 3.07. The summed E-state index contributed by atoms with van der Waals surface area (Å²) in [6, 6.07) is 10.1. The molecule has 126 valence electrons. The normalized spacial score (nSPS) is 17.6. The molecular weight excluding hydrogens is 305 g/mol. The maximum atomic E-state index is 13.6. The van der Waals surface area contributed by atoms with E-state index in [4.69, 9.17) is 0 Å². The molecule has 0 bridgehead atoms. The molecule has 2 heterocycles. The Bertz CT molecular complexity index is 702. The van der Waals surface area contributed by atoms with E-state index in [0.717, 1.165) is 18.8 Å². The molecule has 1 amide bonds. The molecule has 1 aromatic heterocycles. The van der Waals surface area contributed by atoms with Gasteiger partial charge in [0.2, 0.25) is 5.91 Å². The smallest absolute Gasteiger partial charge is 0.230 e. The highest BCUT2D eigenvalue weighted by molar-refractivity contribution is 5.91. The predicted octanol–water partition coefficient (Wildman–Crippen LogP) is 3.64. The average Bonchev–Trinajstić information content (AvgIpc) is 2.58. The van der Waals surface area contributed by atoms with E-state index in [2.05, 4.69) is 22.1 Å². The molecule has 1 saturated heterocycles. The van der Waals surface area contributed by atoms with Crippen LogP contribution < -0.4 is 10.2 Å². The minimum absolute atomic E-state index is 0.000253. The number of halogens is 1. The Morgan fingerprint density at radius 3 is 2.88 bits per heavy atom. The Morgan fingerprint density at radius 2 is 2.17 bits per heavy atom. The van der Waals surface area contributed by atoms with Crippen LogP contribution in [0, 0.1) is 11.7 Å². The highest BCUT2D eigenvalue weighted by atomic mass is 19.1. The van der Waals surface area contributed by atoms with Gasteiger partial charge in [0.25, 0.3) is 0 Å². The third-order valence-corrected chi connectivity index (χ3v) is 4.35. The summed E-state index contributed by atoms with van der Waals surface area (Å²) in [6.07, 6.45) is 4.26. The second kappa shape index (κ2) is 7.43. The van der Waals surface area contributed by atoms with Crippen LogP contribution in [0.25, 0.3) is 0 Å². The van der Waals surface area contributed by atoms with Crippen LogP contribution in [0.15, 0.2) is 42.6 Å². The number of nitrogens with one attached hydrogen (secondary N) is 1. The molecule has 3 rings (SSSR count). The molecule has 0 radical (unpaired) electrons. The lowest BCUT2D eigenvalue weighted by atomic mass is 10.00. The molecule has 1 unspecified atom stereocenters. The van der Waals surface area contributed by atoms with Gasteiger partial charge in [0, 0.05) is 13.1 Å². The van der Waals surface area contributed by atoms with Crippen LogP contribution in [0.3, 0.4) is 0 Å². The van der Waals surface area contributed by atoms with Crippen molar-refractivity contribution in [2.45, 2.75) is 26.2 Å². The van der Waals surface area contributed by atoms with Crippen molar-refractivity contribution in [2.75, 3.05) is 23.3 Å². The van der Waals surface area contributed by atoms with Gasteiger partial charge in [0.05, 0.1) is 18.3 Å². The van der Waals surface area contributed by atoms with E-state index < -0.39 is 0 Å².